The van der Waals surface area contributed by atoms with E-state index in [9.17, 15) is 0 Å². The van der Waals surface area contributed by atoms with E-state index in [1.54, 1.807) is 32.1 Å². The first kappa shape index (κ1) is 10.2. The number of thiol groups is 1. The van der Waals surface area contributed by atoms with Gasteiger partial charge in [-0.25, -0.2) is 0 Å². The molecular formula is C16H24S. The fourth-order valence-corrected chi connectivity index (χ4v) is 8.10. The summed E-state index contributed by atoms with van der Waals surface area (Å²) < 4.78 is 0. The van der Waals surface area contributed by atoms with Gasteiger partial charge in [0.25, 0.3) is 0 Å². The maximum absolute atomic E-state index is 4.64. The Labute approximate surface area is 110 Å². The second-order valence-corrected chi connectivity index (χ2v) is 8.18. The number of fused-ring (bicyclic) bond motifs is 12. The average Bonchev–Trinajstić information content (AvgIpc) is 3.11. The molecule has 0 aliphatic heterocycles. The van der Waals surface area contributed by atoms with Gasteiger partial charge in [0.15, 0.2) is 0 Å². The van der Waals surface area contributed by atoms with Gasteiger partial charge in [0.05, 0.1) is 0 Å². The molecule has 5 fully saturated rings. The summed E-state index contributed by atoms with van der Waals surface area (Å²) in [6.07, 6.45) is 9.55. The number of hydrogen-bond acceptors (Lipinski definition) is 1. The molecule has 0 spiro atoms. The molecule has 94 valence electrons. The summed E-state index contributed by atoms with van der Waals surface area (Å²) in [5.41, 5.74) is 0. The highest BCUT2D eigenvalue weighted by molar-refractivity contribution is 7.80. The first-order valence-electron chi connectivity index (χ1n) is 7.99. The van der Waals surface area contributed by atoms with Crippen LogP contribution in [0.15, 0.2) is 0 Å². The van der Waals surface area contributed by atoms with E-state index in [-0.39, 0.29) is 0 Å². The van der Waals surface area contributed by atoms with Crippen LogP contribution in [0.4, 0.5) is 0 Å². The first-order chi connectivity index (χ1) is 8.38. The summed E-state index contributed by atoms with van der Waals surface area (Å²) >= 11 is 4.64. The van der Waals surface area contributed by atoms with Gasteiger partial charge in [0, 0.05) is 0 Å². The van der Waals surface area contributed by atoms with Crippen molar-refractivity contribution >= 4 is 12.6 Å². The lowest BCUT2D eigenvalue weighted by molar-refractivity contribution is 0.0590. The Morgan fingerprint density at radius 3 is 2.24 bits per heavy atom. The van der Waals surface area contributed by atoms with Crippen LogP contribution in [0.1, 0.15) is 38.5 Å². The molecule has 0 aromatic rings. The van der Waals surface area contributed by atoms with Crippen molar-refractivity contribution in [2.75, 3.05) is 5.75 Å². The minimum atomic E-state index is 0.999. The van der Waals surface area contributed by atoms with Gasteiger partial charge in [-0.2, -0.15) is 12.6 Å². The van der Waals surface area contributed by atoms with Gasteiger partial charge in [0.1, 0.15) is 0 Å². The van der Waals surface area contributed by atoms with Crippen LogP contribution < -0.4 is 0 Å². The van der Waals surface area contributed by atoms with Gasteiger partial charge in [-0.05, 0) is 97.5 Å². The van der Waals surface area contributed by atoms with Crippen LogP contribution in [0.3, 0.4) is 0 Å². The molecule has 5 rings (SSSR count). The smallest absolute Gasteiger partial charge is 0.00666 e. The van der Waals surface area contributed by atoms with E-state index < -0.39 is 0 Å². The molecule has 0 aromatic heterocycles. The molecule has 0 N–H and O–H groups in total. The van der Waals surface area contributed by atoms with Crippen LogP contribution in [-0.4, -0.2) is 5.75 Å². The van der Waals surface area contributed by atoms with Gasteiger partial charge >= 0.3 is 0 Å². The molecule has 9 atom stereocenters. The Bertz CT molecular complexity index is 347. The molecule has 5 saturated carbocycles. The van der Waals surface area contributed by atoms with Crippen molar-refractivity contribution in [1.29, 1.82) is 0 Å². The van der Waals surface area contributed by atoms with Crippen LogP contribution >= 0.6 is 12.6 Å². The van der Waals surface area contributed by atoms with Crippen molar-refractivity contribution in [3.05, 3.63) is 0 Å². The van der Waals surface area contributed by atoms with E-state index in [0.717, 1.165) is 23.7 Å². The predicted octanol–water partition coefficient (Wildman–Crippen LogP) is 3.87. The zero-order valence-corrected chi connectivity index (χ0v) is 11.5. The Balaban J connectivity index is 1.53. The maximum Gasteiger partial charge on any atom is -0.00666 e. The number of hydrogen-bond donors (Lipinski definition) is 1. The molecule has 0 aromatic carbocycles. The quantitative estimate of drug-likeness (QED) is 0.528. The van der Waals surface area contributed by atoms with E-state index in [4.69, 9.17) is 0 Å². The van der Waals surface area contributed by atoms with Crippen molar-refractivity contribution in [2.45, 2.75) is 38.5 Å². The van der Waals surface area contributed by atoms with Crippen LogP contribution in [0.2, 0.25) is 0 Å². The lowest BCUT2D eigenvalue weighted by Gasteiger charge is -2.42. The molecule has 1 heteroatoms. The van der Waals surface area contributed by atoms with Crippen molar-refractivity contribution in [3.63, 3.8) is 0 Å². The molecule has 17 heavy (non-hydrogen) atoms. The van der Waals surface area contributed by atoms with Gasteiger partial charge in [0.2, 0.25) is 0 Å². The highest BCUT2D eigenvalue weighted by atomic mass is 32.1. The first-order valence-corrected chi connectivity index (χ1v) is 8.62. The second kappa shape index (κ2) is 3.26. The van der Waals surface area contributed by atoms with E-state index >= 15 is 0 Å². The fraction of sp³-hybridized carbons (Fsp3) is 1.00. The largest absolute Gasteiger partial charge is 0.179 e. The van der Waals surface area contributed by atoms with Gasteiger partial charge in [-0.1, -0.05) is 0 Å². The van der Waals surface area contributed by atoms with Crippen LogP contribution in [-0.2, 0) is 0 Å². The molecule has 5 aliphatic carbocycles. The molecule has 5 aliphatic rings. The Hall–Kier alpha value is 0.350. The SMILES string of the molecule is SCC1CCC2C3CC(C12)C1C2CCC(C2)C31. The molecule has 0 radical (unpaired) electrons. The van der Waals surface area contributed by atoms with E-state index in [1.807, 2.05) is 0 Å². The summed E-state index contributed by atoms with van der Waals surface area (Å²) in [5.74, 6) is 11.5. The highest BCUT2D eigenvalue weighted by Crippen LogP contribution is 2.73. The molecule has 0 amide bonds. The Kier molecular flexibility index (Phi) is 1.95. The lowest BCUT2D eigenvalue weighted by Crippen LogP contribution is -2.38. The van der Waals surface area contributed by atoms with Crippen molar-refractivity contribution in [1.82, 2.24) is 0 Å². The molecular weight excluding hydrogens is 224 g/mol. The van der Waals surface area contributed by atoms with Crippen LogP contribution in [0, 0.1) is 53.3 Å². The third-order valence-corrected chi connectivity index (χ3v) is 8.24. The van der Waals surface area contributed by atoms with E-state index in [1.165, 1.54) is 41.8 Å². The topological polar surface area (TPSA) is 0 Å². The van der Waals surface area contributed by atoms with Gasteiger partial charge < -0.3 is 0 Å². The van der Waals surface area contributed by atoms with Crippen molar-refractivity contribution in [2.24, 2.45) is 53.3 Å². The second-order valence-electron chi connectivity index (χ2n) is 7.81. The minimum absolute atomic E-state index is 0.999. The van der Waals surface area contributed by atoms with Gasteiger partial charge in [-0.15, -0.1) is 0 Å². The third-order valence-electron chi connectivity index (χ3n) is 7.77. The standard InChI is InChI=1S/C16H24S/c17-7-10-3-4-11-12-6-13(14(10)11)16-9-2-1-8(5-9)15(12)16/h8-17H,1-7H2. The van der Waals surface area contributed by atoms with Gasteiger partial charge in [-0.3, -0.25) is 0 Å². The summed E-state index contributed by atoms with van der Waals surface area (Å²) in [6, 6.07) is 0. The van der Waals surface area contributed by atoms with Crippen LogP contribution in [0.5, 0.6) is 0 Å². The summed E-state index contributed by atoms with van der Waals surface area (Å²) in [7, 11) is 0. The number of rotatable bonds is 1. The normalized spacial score (nSPS) is 66.5. The molecule has 0 saturated heterocycles. The molecule has 9 unspecified atom stereocenters. The maximum atomic E-state index is 4.64. The zero-order valence-electron chi connectivity index (χ0n) is 10.6. The van der Waals surface area contributed by atoms with Crippen molar-refractivity contribution in [3.8, 4) is 0 Å². The van der Waals surface area contributed by atoms with Crippen LogP contribution in [0.25, 0.3) is 0 Å². The molecule has 0 nitrogen and oxygen atoms in total. The third kappa shape index (κ3) is 1.06. The fourth-order valence-electron chi connectivity index (χ4n) is 7.67. The molecule has 0 heterocycles. The summed E-state index contributed by atoms with van der Waals surface area (Å²) in [4.78, 5) is 0. The summed E-state index contributed by atoms with van der Waals surface area (Å²) in [6.45, 7) is 0. The predicted molar refractivity (Wildman–Crippen MR) is 73.0 cm³/mol. The highest BCUT2D eigenvalue weighted by Gasteiger charge is 2.67. The van der Waals surface area contributed by atoms with E-state index in [2.05, 4.69) is 12.6 Å². The monoisotopic (exact) mass is 248 g/mol. The minimum Gasteiger partial charge on any atom is -0.179 e. The average molecular weight is 248 g/mol. The lowest BCUT2D eigenvalue weighted by atomic mass is 9.63. The summed E-state index contributed by atoms with van der Waals surface area (Å²) in [5, 5.41) is 0. The van der Waals surface area contributed by atoms with Crippen molar-refractivity contribution < 1.29 is 0 Å². The van der Waals surface area contributed by atoms with E-state index in [0.29, 0.717) is 0 Å². The molecule has 4 bridgehead atoms. The Morgan fingerprint density at radius 1 is 0.706 bits per heavy atom. The zero-order chi connectivity index (χ0) is 11.1. The Morgan fingerprint density at radius 2 is 1.47 bits per heavy atom.